The number of hydrogen-bond acceptors (Lipinski definition) is 5. The Morgan fingerprint density at radius 1 is 1.30 bits per heavy atom. The molecule has 0 radical (unpaired) electrons. The SMILES string of the molecule is CCOC(=O)c1cnc2ccc(C=O)cc2c1OCC. The number of esters is 1. The third-order valence-corrected chi connectivity index (χ3v) is 2.76. The molecule has 20 heavy (non-hydrogen) atoms. The Morgan fingerprint density at radius 3 is 2.75 bits per heavy atom. The molecule has 1 heterocycles. The molecule has 0 unspecified atom stereocenters. The van der Waals surface area contributed by atoms with Gasteiger partial charge in [0.1, 0.15) is 17.6 Å². The first-order valence-corrected chi connectivity index (χ1v) is 6.39. The minimum absolute atomic E-state index is 0.268. The molecule has 0 amide bonds. The summed E-state index contributed by atoms with van der Waals surface area (Å²) in [7, 11) is 0. The minimum atomic E-state index is -0.484. The topological polar surface area (TPSA) is 65.5 Å². The summed E-state index contributed by atoms with van der Waals surface area (Å²) >= 11 is 0. The number of benzene rings is 1. The number of nitrogens with zero attached hydrogens (tertiary/aromatic N) is 1. The summed E-state index contributed by atoms with van der Waals surface area (Å²) in [5, 5.41) is 0.627. The van der Waals surface area contributed by atoms with Crippen LogP contribution in [0.2, 0.25) is 0 Å². The van der Waals surface area contributed by atoms with Crippen molar-refractivity contribution < 1.29 is 19.1 Å². The van der Waals surface area contributed by atoms with Gasteiger partial charge in [0.25, 0.3) is 0 Å². The molecule has 2 rings (SSSR count). The van der Waals surface area contributed by atoms with Gasteiger partial charge in [0, 0.05) is 17.1 Å². The fourth-order valence-electron chi connectivity index (χ4n) is 1.91. The number of rotatable bonds is 5. The van der Waals surface area contributed by atoms with Crippen LogP contribution in [-0.4, -0.2) is 30.5 Å². The minimum Gasteiger partial charge on any atom is -0.492 e. The van der Waals surface area contributed by atoms with Crippen molar-refractivity contribution in [2.75, 3.05) is 13.2 Å². The van der Waals surface area contributed by atoms with E-state index in [-0.39, 0.29) is 12.2 Å². The summed E-state index contributed by atoms with van der Waals surface area (Å²) in [6.07, 6.45) is 2.18. The highest BCUT2D eigenvalue weighted by molar-refractivity contribution is 6.00. The first kappa shape index (κ1) is 14.0. The second kappa shape index (κ2) is 6.14. The molecule has 2 aromatic rings. The second-order valence-corrected chi connectivity index (χ2v) is 4.05. The Balaban J connectivity index is 2.66. The molecule has 1 aromatic carbocycles. The van der Waals surface area contributed by atoms with Crippen molar-refractivity contribution >= 4 is 23.2 Å². The molecule has 5 heteroatoms. The molecule has 1 aromatic heterocycles. The van der Waals surface area contributed by atoms with E-state index in [1.54, 1.807) is 25.1 Å². The Hall–Kier alpha value is -2.43. The number of pyridine rings is 1. The normalized spacial score (nSPS) is 10.3. The predicted octanol–water partition coefficient (Wildman–Crippen LogP) is 2.62. The van der Waals surface area contributed by atoms with Crippen LogP contribution in [-0.2, 0) is 4.74 Å². The Labute approximate surface area is 116 Å². The summed E-state index contributed by atoms with van der Waals surface area (Å²) in [6, 6.07) is 5.04. The Bertz CT molecular complexity index is 652. The van der Waals surface area contributed by atoms with Crippen molar-refractivity contribution in [3.8, 4) is 5.75 Å². The van der Waals surface area contributed by atoms with Gasteiger partial charge in [-0.1, -0.05) is 0 Å². The number of ether oxygens (including phenoxy) is 2. The first-order chi connectivity index (χ1) is 9.71. The molecule has 5 nitrogen and oxygen atoms in total. The molecule has 0 fully saturated rings. The second-order valence-electron chi connectivity index (χ2n) is 4.05. The van der Waals surface area contributed by atoms with Crippen molar-refractivity contribution in [2.24, 2.45) is 0 Å². The zero-order valence-electron chi connectivity index (χ0n) is 11.4. The smallest absolute Gasteiger partial charge is 0.343 e. The van der Waals surface area contributed by atoms with Crippen molar-refractivity contribution in [2.45, 2.75) is 13.8 Å². The first-order valence-electron chi connectivity index (χ1n) is 6.39. The number of fused-ring (bicyclic) bond motifs is 1. The van der Waals surface area contributed by atoms with E-state index in [1.165, 1.54) is 6.20 Å². The molecule has 0 bridgehead atoms. The lowest BCUT2D eigenvalue weighted by Crippen LogP contribution is -2.09. The highest BCUT2D eigenvalue weighted by atomic mass is 16.5. The van der Waals surface area contributed by atoms with Gasteiger partial charge in [-0.3, -0.25) is 9.78 Å². The van der Waals surface area contributed by atoms with Crippen LogP contribution >= 0.6 is 0 Å². The highest BCUT2D eigenvalue weighted by Crippen LogP contribution is 2.29. The summed E-state index contributed by atoms with van der Waals surface area (Å²) in [5.41, 5.74) is 1.43. The van der Waals surface area contributed by atoms with Crippen LogP contribution in [0.3, 0.4) is 0 Å². The maximum Gasteiger partial charge on any atom is 0.343 e. The summed E-state index contributed by atoms with van der Waals surface area (Å²) in [6.45, 7) is 4.23. The third-order valence-electron chi connectivity index (χ3n) is 2.76. The van der Waals surface area contributed by atoms with Crippen LogP contribution in [0.4, 0.5) is 0 Å². The summed E-state index contributed by atoms with van der Waals surface area (Å²) < 4.78 is 10.6. The highest BCUT2D eigenvalue weighted by Gasteiger charge is 2.18. The van der Waals surface area contributed by atoms with E-state index in [1.807, 2.05) is 6.92 Å². The number of aromatic nitrogens is 1. The maximum absolute atomic E-state index is 11.9. The van der Waals surface area contributed by atoms with E-state index >= 15 is 0 Å². The monoisotopic (exact) mass is 273 g/mol. The van der Waals surface area contributed by atoms with Gasteiger partial charge in [0.15, 0.2) is 0 Å². The van der Waals surface area contributed by atoms with Gasteiger partial charge in [-0.25, -0.2) is 4.79 Å². The quantitative estimate of drug-likeness (QED) is 0.619. The molecule has 0 aliphatic rings. The van der Waals surface area contributed by atoms with E-state index in [4.69, 9.17) is 9.47 Å². The number of hydrogen-bond donors (Lipinski definition) is 0. The molecule has 0 saturated carbocycles. The van der Waals surface area contributed by atoms with Crippen molar-refractivity contribution in [1.29, 1.82) is 0 Å². The third kappa shape index (κ3) is 2.61. The number of carbonyl (C=O) groups excluding carboxylic acids is 2. The van der Waals surface area contributed by atoms with Gasteiger partial charge in [-0.15, -0.1) is 0 Å². The van der Waals surface area contributed by atoms with E-state index in [0.29, 0.717) is 28.8 Å². The van der Waals surface area contributed by atoms with E-state index in [2.05, 4.69) is 4.98 Å². The van der Waals surface area contributed by atoms with E-state index in [0.717, 1.165) is 6.29 Å². The molecular formula is C15H15NO4. The molecule has 0 aliphatic carbocycles. The molecule has 0 saturated heterocycles. The average molecular weight is 273 g/mol. The van der Waals surface area contributed by atoms with Gasteiger partial charge in [-0.05, 0) is 32.0 Å². The molecular weight excluding hydrogens is 258 g/mol. The summed E-state index contributed by atoms with van der Waals surface area (Å²) in [5.74, 6) is -0.0819. The molecule has 0 spiro atoms. The van der Waals surface area contributed by atoms with Crippen LogP contribution in [0.15, 0.2) is 24.4 Å². The zero-order chi connectivity index (χ0) is 14.5. The average Bonchev–Trinajstić information content (AvgIpc) is 2.47. The van der Waals surface area contributed by atoms with Crippen LogP contribution in [0.1, 0.15) is 34.6 Å². The van der Waals surface area contributed by atoms with Crippen LogP contribution in [0, 0.1) is 0 Å². The standard InChI is InChI=1S/C15H15NO4/c1-3-19-14-11-7-10(9-17)5-6-13(11)16-8-12(14)15(18)20-4-2/h5-9H,3-4H2,1-2H3. The molecule has 104 valence electrons. The fourth-order valence-corrected chi connectivity index (χ4v) is 1.91. The molecule has 0 N–H and O–H groups in total. The molecule has 0 aliphatic heterocycles. The zero-order valence-corrected chi connectivity index (χ0v) is 11.4. The van der Waals surface area contributed by atoms with Crippen molar-refractivity contribution in [3.63, 3.8) is 0 Å². The maximum atomic E-state index is 11.9. The van der Waals surface area contributed by atoms with E-state index < -0.39 is 5.97 Å². The number of carbonyl (C=O) groups is 2. The Morgan fingerprint density at radius 2 is 2.10 bits per heavy atom. The lowest BCUT2D eigenvalue weighted by molar-refractivity contribution is 0.0521. The van der Waals surface area contributed by atoms with Crippen molar-refractivity contribution in [1.82, 2.24) is 4.98 Å². The van der Waals surface area contributed by atoms with Gasteiger partial charge in [-0.2, -0.15) is 0 Å². The number of aldehydes is 1. The lowest BCUT2D eigenvalue weighted by atomic mass is 10.1. The van der Waals surface area contributed by atoms with Gasteiger partial charge in [0.2, 0.25) is 0 Å². The summed E-state index contributed by atoms with van der Waals surface area (Å²) in [4.78, 5) is 27.0. The van der Waals surface area contributed by atoms with Gasteiger partial charge < -0.3 is 9.47 Å². The predicted molar refractivity (Wildman–Crippen MR) is 74.3 cm³/mol. The van der Waals surface area contributed by atoms with Crippen LogP contribution in [0.25, 0.3) is 10.9 Å². The largest absolute Gasteiger partial charge is 0.492 e. The van der Waals surface area contributed by atoms with Crippen LogP contribution in [0.5, 0.6) is 5.75 Å². The van der Waals surface area contributed by atoms with Crippen LogP contribution < -0.4 is 4.74 Å². The van der Waals surface area contributed by atoms with Gasteiger partial charge >= 0.3 is 5.97 Å². The van der Waals surface area contributed by atoms with Crippen molar-refractivity contribution in [3.05, 3.63) is 35.5 Å². The Kier molecular flexibility index (Phi) is 4.30. The fraction of sp³-hybridized carbons (Fsp3) is 0.267. The van der Waals surface area contributed by atoms with Gasteiger partial charge in [0.05, 0.1) is 18.7 Å². The lowest BCUT2D eigenvalue weighted by Gasteiger charge is -2.12. The van der Waals surface area contributed by atoms with E-state index in [9.17, 15) is 9.59 Å². The molecule has 0 atom stereocenters.